The molecule has 0 aromatic rings. The number of hydrogen-bond donors (Lipinski definition) is 1. The highest BCUT2D eigenvalue weighted by atomic mass is 16.2. The second-order valence-electron chi connectivity index (χ2n) is 3.99. The van der Waals surface area contributed by atoms with Crippen molar-refractivity contribution in [3.8, 4) is 0 Å². The monoisotopic (exact) mass is 212 g/mol. The molecule has 1 saturated heterocycles. The van der Waals surface area contributed by atoms with Crippen LogP contribution in [0.4, 0.5) is 0 Å². The first kappa shape index (κ1) is 11.7. The smallest absolute Gasteiger partial charge is 0.249 e. The molecular weight excluding hydrogens is 196 g/mol. The predicted molar refractivity (Wildman–Crippen MR) is 53.8 cm³/mol. The van der Waals surface area contributed by atoms with Crippen molar-refractivity contribution in [3.63, 3.8) is 0 Å². The summed E-state index contributed by atoms with van der Waals surface area (Å²) in [7, 11) is 0. The van der Waals surface area contributed by atoms with Gasteiger partial charge in [-0.3, -0.25) is 19.7 Å². The molecule has 0 aromatic carbocycles. The Bertz CT molecular complexity index is 299. The van der Waals surface area contributed by atoms with Crippen LogP contribution in [0.25, 0.3) is 0 Å². The number of carbonyl (C=O) groups is 3. The summed E-state index contributed by atoms with van der Waals surface area (Å²) in [6, 6.07) is -0.536. The Morgan fingerprint density at radius 1 is 1.47 bits per heavy atom. The predicted octanol–water partition coefficient (Wildman–Crippen LogP) is 0.0485. The minimum atomic E-state index is -0.500. The van der Waals surface area contributed by atoms with Crippen molar-refractivity contribution in [2.45, 2.75) is 45.7 Å². The number of rotatable bonds is 2. The van der Waals surface area contributed by atoms with Crippen LogP contribution in [0.1, 0.15) is 33.6 Å². The van der Waals surface area contributed by atoms with E-state index in [0.29, 0.717) is 12.8 Å². The fraction of sp³-hybridized carbons (Fsp3) is 0.700. The van der Waals surface area contributed by atoms with Gasteiger partial charge in [0.2, 0.25) is 17.7 Å². The fourth-order valence-corrected chi connectivity index (χ4v) is 1.89. The second-order valence-corrected chi connectivity index (χ2v) is 3.99. The molecule has 0 radical (unpaired) electrons. The number of carbonyl (C=O) groups excluding carboxylic acids is 3. The van der Waals surface area contributed by atoms with Gasteiger partial charge in [-0.2, -0.15) is 0 Å². The van der Waals surface area contributed by atoms with E-state index in [1.165, 1.54) is 11.8 Å². The standard InChI is InChI=1S/C10H16N2O3/c1-6(2)12(7(3)13)8-4-5-9(14)11-10(8)15/h6,8H,4-5H2,1-3H3,(H,11,14,15). The van der Waals surface area contributed by atoms with E-state index in [9.17, 15) is 14.4 Å². The molecule has 0 bridgehead atoms. The van der Waals surface area contributed by atoms with Gasteiger partial charge >= 0.3 is 0 Å². The number of nitrogens with zero attached hydrogens (tertiary/aromatic N) is 1. The number of piperidine rings is 1. The normalized spacial score (nSPS) is 21.5. The van der Waals surface area contributed by atoms with Gasteiger partial charge < -0.3 is 4.90 Å². The zero-order valence-electron chi connectivity index (χ0n) is 9.24. The first-order chi connectivity index (χ1) is 6.93. The third kappa shape index (κ3) is 2.55. The maximum absolute atomic E-state index is 11.5. The summed E-state index contributed by atoms with van der Waals surface area (Å²) < 4.78 is 0. The number of hydrogen-bond acceptors (Lipinski definition) is 3. The third-order valence-corrected chi connectivity index (χ3v) is 2.47. The Morgan fingerprint density at radius 2 is 2.07 bits per heavy atom. The van der Waals surface area contributed by atoms with Crippen molar-refractivity contribution in [2.24, 2.45) is 0 Å². The maximum atomic E-state index is 11.5. The van der Waals surface area contributed by atoms with Gasteiger partial charge in [-0.1, -0.05) is 0 Å². The molecular formula is C10H16N2O3. The summed E-state index contributed by atoms with van der Waals surface area (Å²) in [5.74, 6) is -0.766. The Labute approximate surface area is 88.8 Å². The Kier molecular flexibility index (Phi) is 3.44. The van der Waals surface area contributed by atoms with E-state index >= 15 is 0 Å². The summed E-state index contributed by atoms with van der Waals surface area (Å²) in [6.45, 7) is 5.14. The molecule has 3 amide bonds. The number of imide groups is 1. The van der Waals surface area contributed by atoms with E-state index in [2.05, 4.69) is 5.32 Å². The van der Waals surface area contributed by atoms with Crippen LogP contribution in [0.3, 0.4) is 0 Å². The van der Waals surface area contributed by atoms with Crippen LogP contribution >= 0.6 is 0 Å². The molecule has 1 aliphatic rings. The van der Waals surface area contributed by atoms with E-state index in [1.807, 2.05) is 13.8 Å². The van der Waals surface area contributed by atoms with E-state index in [4.69, 9.17) is 0 Å². The first-order valence-corrected chi connectivity index (χ1v) is 5.06. The molecule has 0 aliphatic carbocycles. The zero-order chi connectivity index (χ0) is 11.6. The van der Waals surface area contributed by atoms with Crippen LogP contribution in [0, 0.1) is 0 Å². The fourth-order valence-electron chi connectivity index (χ4n) is 1.89. The van der Waals surface area contributed by atoms with Crippen molar-refractivity contribution >= 4 is 17.7 Å². The van der Waals surface area contributed by atoms with E-state index < -0.39 is 6.04 Å². The van der Waals surface area contributed by atoms with Gasteiger partial charge in [-0.15, -0.1) is 0 Å². The molecule has 0 saturated carbocycles. The highest BCUT2D eigenvalue weighted by molar-refractivity contribution is 6.01. The van der Waals surface area contributed by atoms with Gasteiger partial charge in [-0.05, 0) is 20.3 Å². The molecule has 1 heterocycles. The molecule has 5 heteroatoms. The van der Waals surface area contributed by atoms with Crippen LogP contribution in [0.15, 0.2) is 0 Å². The topological polar surface area (TPSA) is 66.5 Å². The third-order valence-electron chi connectivity index (χ3n) is 2.47. The Hall–Kier alpha value is -1.39. The second kappa shape index (κ2) is 4.42. The summed E-state index contributed by atoms with van der Waals surface area (Å²) in [4.78, 5) is 35.4. The summed E-state index contributed by atoms with van der Waals surface area (Å²) in [6.07, 6.45) is 0.718. The molecule has 84 valence electrons. The average Bonchev–Trinajstić information content (AvgIpc) is 2.08. The van der Waals surface area contributed by atoms with Crippen molar-refractivity contribution in [3.05, 3.63) is 0 Å². The average molecular weight is 212 g/mol. The molecule has 15 heavy (non-hydrogen) atoms. The van der Waals surface area contributed by atoms with Crippen LogP contribution < -0.4 is 5.32 Å². The first-order valence-electron chi connectivity index (χ1n) is 5.06. The van der Waals surface area contributed by atoms with Gasteiger partial charge in [0.05, 0.1) is 0 Å². The van der Waals surface area contributed by atoms with Gasteiger partial charge in [0.15, 0.2) is 0 Å². The van der Waals surface area contributed by atoms with Crippen LogP contribution in [-0.4, -0.2) is 34.7 Å². The summed E-state index contributed by atoms with van der Waals surface area (Å²) in [5, 5.41) is 2.25. The molecule has 1 rings (SSSR count). The zero-order valence-corrected chi connectivity index (χ0v) is 9.24. The SMILES string of the molecule is CC(=O)N(C(C)C)C1CCC(=O)NC1=O. The minimum Gasteiger partial charge on any atom is -0.328 e. The van der Waals surface area contributed by atoms with E-state index in [0.717, 1.165) is 0 Å². The molecule has 0 spiro atoms. The van der Waals surface area contributed by atoms with E-state index in [1.54, 1.807) is 0 Å². The summed E-state index contributed by atoms with van der Waals surface area (Å²) in [5.41, 5.74) is 0. The molecule has 1 N–H and O–H groups in total. The lowest BCUT2D eigenvalue weighted by Gasteiger charge is -2.35. The maximum Gasteiger partial charge on any atom is 0.249 e. The molecule has 0 aromatic heterocycles. The van der Waals surface area contributed by atoms with Crippen molar-refractivity contribution in [1.29, 1.82) is 0 Å². The van der Waals surface area contributed by atoms with Crippen molar-refractivity contribution in [1.82, 2.24) is 10.2 Å². The largest absolute Gasteiger partial charge is 0.328 e. The minimum absolute atomic E-state index is 0.0357. The quantitative estimate of drug-likeness (QED) is 0.658. The summed E-state index contributed by atoms with van der Waals surface area (Å²) >= 11 is 0. The van der Waals surface area contributed by atoms with Crippen LogP contribution in [-0.2, 0) is 14.4 Å². The Balaban J connectivity index is 2.80. The molecule has 1 fully saturated rings. The van der Waals surface area contributed by atoms with Gasteiger partial charge in [0, 0.05) is 19.4 Å². The van der Waals surface area contributed by atoms with Crippen LogP contribution in [0.2, 0.25) is 0 Å². The highest BCUT2D eigenvalue weighted by Crippen LogP contribution is 2.15. The molecule has 1 atom stereocenters. The van der Waals surface area contributed by atoms with Gasteiger partial charge in [-0.25, -0.2) is 0 Å². The lowest BCUT2D eigenvalue weighted by Crippen LogP contribution is -2.55. The molecule has 5 nitrogen and oxygen atoms in total. The Morgan fingerprint density at radius 3 is 2.47 bits per heavy atom. The van der Waals surface area contributed by atoms with Crippen molar-refractivity contribution in [2.75, 3.05) is 0 Å². The number of nitrogens with one attached hydrogen (secondary N) is 1. The van der Waals surface area contributed by atoms with Crippen LogP contribution in [0.5, 0.6) is 0 Å². The van der Waals surface area contributed by atoms with E-state index in [-0.39, 0.29) is 23.8 Å². The molecule has 1 unspecified atom stereocenters. The lowest BCUT2D eigenvalue weighted by atomic mass is 10.0. The lowest BCUT2D eigenvalue weighted by molar-refractivity contribution is -0.146. The highest BCUT2D eigenvalue weighted by Gasteiger charge is 2.34. The number of amides is 3. The van der Waals surface area contributed by atoms with Gasteiger partial charge in [0.1, 0.15) is 6.04 Å². The van der Waals surface area contributed by atoms with Gasteiger partial charge in [0.25, 0.3) is 0 Å². The molecule has 1 aliphatic heterocycles. The van der Waals surface area contributed by atoms with Crippen molar-refractivity contribution < 1.29 is 14.4 Å².